The van der Waals surface area contributed by atoms with Gasteiger partial charge in [-0.2, -0.15) is 5.10 Å². The maximum absolute atomic E-state index is 6.40. The Kier molecular flexibility index (Phi) is 3.59. The highest BCUT2D eigenvalue weighted by atomic mass is 35.5. The summed E-state index contributed by atoms with van der Waals surface area (Å²) in [6.07, 6.45) is 0.513. The molecule has 0 bridgehead atoms. The lowest BCUT2D eigenvalue weighted by Crippen LogP contribution is -2.01. The van der Waals surface area contributed by atoms with E-state index >= 15 is 0 Å². The minimum absolute atomic E-state index is 0.377. The van der Waals surface area contributed by atoms with Crippen molar-refractivity contribution in [2.45, 2.75) is 13.3 Å². The smallest absolute Gasteiger partial charge is 0.158 e. The van der Waals surface area contributed by atoms with Crippen molar-refractivity contribution in [3.8, 4) is 0 Å². The van der Waals surface area contributed by atoms with Gasteiger partial charge < -0.3 is 0 Å². The molecule has 3 rings (SSSR count). The third kappa shape index (κ3) is 2.37. The fourth-order valence-corrected chi connectivity index (χ4v) is 2.84. The molecule has 1 aromatic carbocycles. The number of benzene rings is 1. The molecule has 0 aliphatic rings. The maximum atomic E-state index is 6.40. The Hall–Kier alpha value is -1.29. The lowest BCUT2D eigenvalue weighted by Gasteiger charge is -2.09. The molecular weight excluding hydrogens is 317 g/mol. The Balaban J connectivity index is 2.14. The van der Waals surface area contributed by atoms with Gasteiger partial charge in [-0.15, -0.1) is 0 Å². The average molecular weight is 327 g/mol. The van der Waals surface area contributed by atoms with Crippen molar-refractivity contribution in [3.05, 3.63) is 62.5 Å². The summed E-state index contributed by atoms with van der Waals surface area (Å²) in [6, 6.07) is 9.41. The predicted molar refractivity (Wildman–Crippen MR) is 82.0 cm³/mol. The first-order valence-electron chi connectivity index (χ1n) is 6.00. The fourth-order valence-electron chi connectivity index (χ4n) is 2.07. The number of nitrogens with zero attached hydrogens (tertiary/aromatic N) is 3. The van der Waals surface area contributed by atoms with E-state index in [4.69, 9.17) is 34.8 Å². The van der Waals surface area contributed by atoms with Crippen LogP contribution in [0.1, 0.15) is 16.8 Å². The largest absolute Gasteiger partial charge is 0.216 e. The van der Waals surface area contributed by atoms with Gasteiger partial charge in [0.1, 0.15) is 10.3 Å². The van der Waals surface area contributed by atoms with Gasteiger partial charge in [0.15, 0.2) is 5.65 Å². The van der Waals surface area contributed by atoms with E-state index in [0.717, 1.165) is 16.8 Å². The van der Waals surface area contributed by atoms with Crippen LogP contribution in [0.3, 0.4) is 0 Å². The molecule has 0 amide bonds. The van der Waals surface area contributed by atoms with Crippen LogP contribution < -0.4 is 0 Å². The number of rotatable bonds is 2. The van der Waals surface area contributed by atoms with Crippen LogP contribution in [0, 0.1) is 6.92 Å². The van der Waals surface area contributed by atoms with Gasteiger partial charge in [-0.1, -0.05) is 53.0 Å². The summed E-state index contributed by atoms with van der Waals surface area (Å²) in [6.45, 7) is 1.88. The van der Waals surface area contributed by atoms with Crippen LogP contribution in [-0.2, 0) is 6.42 Å². The highest BCUT2D eigenvalue weighted by Gasteiger charge is 2.15. The van der Waals surface area contributed by atoms with Crippen molar-refractivity contribution in [3.63, 3.8) is 0 Å². The first-order chi connectivity index (χ1) is 9.56. The van der Waals surface area contributed by atoms with Crippen LogP contribution in [0.5, 0.6) is 0 Å². The zero-order valence-electron chi connectivity index (χ0n) is 10.6. The second-order valence-corrected chi connectivity index (χ2v) is 5.62. The first kappa shape index (κ1) is 13.7. The standard InChI is InChI=1S/C14H10Cl3N3/c1-8-6-12-18-13(16)10(14(17)20(12)19-8)7-9-4-2-3-5-11(9)15/h2-6H,7H2,1H3. The summed E-state index contributed by atoms with van der Waals surface area (Å²) < 4.78 is 1.59. The van der Waals surface area contributed by atoms with Crippen molar-refractivity contribution in [1.29, 1.82) is 0 Å². The van der Waals surface area contributed by atoms with Gasteiger partial charge >= 0.3 is 0 Å². The molecule has 0 aliphatic heterocycles. The third-order valence-corrected chi connectivity index (χ3v) is 4.10. The minimum atomic E-state index is 0.377. The van der Waals surface area contributed by atoms with E-state index in [1.54, 1.807) is 4.52 Å². The molecule has 0 N–H and O–H groups in total. The number of fused-ring (bicyclic) bond motifs is 1. The zero-order chi connectivity index (χ0) is 14.3. The van der Waals surface area contributed by atoms with Crippen LogP contribution in [0.4, 0.5) is 0 Å². The monoisotopic (exact) mass is 325 g/mol. The van der Waals surface area contributed by atoms with Crippen molar-refractivity contribution >= 4 is 40.4 Å². The quantitative estimate of drug-likeness (QED) is 0.645. The van der Waals surface area contributed by atoms with E-state index in [2.05, 4.69) is 10.1 Å². The molecule has 0 fully saturated rings. The molecule has 102 valence electrons. The summed E-state index contributed by atoms with van der Waals surface area (Å²) in [5, 5.41) is 5.83. The molecule has 3 nitrogen and oxygen atoms in total. The van der Waals surface area contributed by atoms with Gasteiger partial charge in [0, 0.05) is 23.1 Å². The Morgan fingerprint density at radius 3 is 2.65 bits per heavy atom. The number of hydrogen-bond acceptors (Lipinski definition) is 2. The summed E-state index contributed by atoms with van der Waals surface area (Å²) >= 11 is 18.8. The molecule has 20 heavy (non-hydrogen) atoms. The second kappa shape index (κ2) is 5.24. The topological polar surface area (TPSA) is 30.2 Å². The van der Waals surface area contributed by atoms with Gasteiger partial charge in [-0.25, -0.2) is 9.50 Å². The molecule has 2 aromatic heterocycles. The Labute approximate surface area is 131 Å². The summed E-state index contributed by atoms with van der Waals surface area (Å²) in [4.78, 5) is 4.32. The van der Waals surface area contributed by atoms with E-state index < -0.39 is 0 Å². The lowest BCUT2D eigenvalue weighted by molar-refractivity contribution is 0.899. The van der Waals surface area contributed by atoms with Crippen LogP contribution in [0.15, 0.2) is 30.3 Å². The maximum Gasteiger partial charge on any atom is 0.158 e. The Bertz CT molecular complexity index is 796. The number of aryl methyl sites for hydroxylation is 1. The fraction of sp³-hybridized carbons (Fsp3) is 0.143. The van der Waals surface area contributed by atoms with Crippen molar-refractivity contribution < 1.29 is 0 Å². The van der Waals surface area contributed by atoms with Crippen LogP contribution >= 0.6 is 34.8 Å². The average Bonchev–Trinajstić information content (AvgIpc) is 2.77. The highest BCUT2D eigenvalue weighted by molar-refractivity contribution is 6.35. The first-order valence-corrected chi connectivity index (χ1v) is 7.13. The van der Waals surface area contributed by atoms with Gasteiger partial charge in [0.2, 0.25) is 0 Å². The van der Waals surface area contributed by atoms with E-state index in [-0.39, 0.29) is 0 Å². The zero-order valence-corrected chi connectivity index (χ0v) is 12.8. The molecule has 0 saturated carbocycles. The summed E-state index contributed by atoms with van der Waals surface area (Å²) in [5.74, 6) is 0. The molecule has 0 spiro atoms. The van der Waals surface area contributed by atoms with Crippen molar-refractivity contribution in [2.24, 2.45) is 0 Å². The molecule has 3 aromatic rings. The van der Waals surface area contributed by atoms with Gasteiger partial charge in [-0.3, -0.25) is 0 Å². The summed E-state index contributed by atoms with van der Waals surface area (Å²) in [7, 11) is 0. The van der Waals surface area contributed by atoms with Crippen LogP contribution in [-0.4, -0.2) is 14.6 Å². The molecule has 0 saturated heterocycles. The Morgan fingerprint density at radius 1 is 1.15 bits per heavy atom. The van der Waals surface area contributed by atoms with E-state index in [1.807, 2.05) is 37.3 Å². The van der Waals surface area contributed by atoms with Crippen molar-refractivity contribution in [1.82, 2.24) is 14.6 Å². The van der Waals surface area contributed by atoms with Gasteiger partial charge in [0.25, 0.3) is 0 Å². The molecule has 2 heterocycles. The van der Waals surface area contributed by atoms with E-state index in [9.17, 15) is 0 Å². The van der Waals surface area contributed by atoms with Gasteiger partial charge in [-0.05, 0) is 18.6 Å². The van der Waals surface area contributed by atoms with Crippen LogP contribution in [0.2, 0.25) is 15.3 Å². The number of halogens is 3. The number of hydrogen-bond donors (Lipinski definition) is 0. The SMILES string of the molecule is Cc1cc2nc(Cl)c(Cc3ccccc3Cl)c(Cl)n2n1. The molecule has 0 atom stereocenters. The second-order valence-electron chi connectivity index (χ2n) is 4.50. The predicted octanol–water partition coefficient (Wildman–Crippen LogP) is 4.59. The molecule has 0 unspecified atom stereocenters. The van der Waals surface area contributed by atoms with E-state index in [1.165, 1.54) is 0 Å². The Morgan fingerprint density at radius 2 is 1.90 bits per heavy atom. The molecule has 0 radical (unpaired) electrons. The van der Waals surface area contributed by atoms with Crippen molar-refractivity contribution in [2.75, 3.05) is 0 Å². The molecule has 0 aliphatic carbocycles. The minimum Gasteiger partial charge on any atom is -0.216 e. The summed E-state index contributed by atoms with van der Waals surface area (Å²) in [5.41, 5.74) is 3.14. The molecular formula is C14H10Cl3N3. The lowest BCUT2D eigenvalue weighted by atomic mass is 10.1. The van der Waals surface area contributed by atoms with Gasteiger partial charge in [0.05, 0.1) is 5.69 Å². The normalized spacial score (nSPS) is 11.2. The number of aromatic nitrogens is 3. The highest BCUT2D eigenvalue weighted by Crippen LogP contribution is 2.29. The van der Waals surface area contributed by atoms with E-state index in [0.29, 0.717) is 27.4 Å². The van der Waals surface area contributed by atoms with Crippen LogP contribution in [0.25, 0.3) is 5.65 Å². The third-order valence-electron chi connectivity index (χ3n) is 3.03. The molecule has 6 heteroatoms.